The quantitative estimate of drug-likeness (QED) is 0.612. The van der Waals surface area contributed by atoms with Gasteiger partial charge in [-0.15, -0.1) is 11.3 Å². The van der Waals surface area contributed by atoms with E-state index >= 15 is 0 Å². The molecule has 0 spiro atoms. The maximum Gasteiger partial charge on any atom is 0.280 e. The lowest BCUT2D eigenvalue weighted by Gasteiger charge is -2.21. The number of carbonyl (C=O) groups is 1. The summed E-state index contributed by atoms with van der Waals surface area (Å²) < 4.78 is 0. The minimum absolute atomic E-state index is 0.0367. The van der Waals surface area contributed by atoms with Crippen LogP contribution in [0.5, 0.6) is 0 Å². The van der Waals surface area contributed by atoms with Gasteiger partial charge in [0.25, 0.3) is 5.91 Å². The second-order valence-electron chi connectivity index (χ2n) is 7.47. The first-order valence-electron chi connectivity index (χ1n) is 9.83. The SMILES string of the molecule is N#CN1CC2CCC1[C@@H]2NC(=O)c1ncc(-c2ccncc2Sc2ccccc2)s1. The third-order valence-corrected chi connectivity index (χ3v) is 7.82. The van der Waals surface area contributed by atoms with Gasteiger partial charge in [-0.05, 0) is 37.0 Å². The molecule has 1 saturated carbocycles. The van der Waals surface area contributed by atoms with E-state index in [0.29, 0.717) is 10.9 Å². The van der Waals surface area contributed by atoms with Crippen LogP contribution in [0.1, 0.15) is 22.6 Å². The van der Waals surface area contributed by atoms with Crippen molar-refractivity contribution in [1.29, 1.82) is 5.26 Å². The van der Waals surface area contributed by atoms with Gasteiger partial charge >= 0.3 is 0 Å². The van der Waals surface area contributed by atoms with Gasteiger partial charge in [-0.3, -0.25) is 9.78 Å². The highest BCUT2D eigenvalue weighted by atomic mass is 32.2. The molecule has 0 radical (unpaired) electrons. The third-order valence-electron chi connectivity index (χ3n) is 5.73. The largest absolute Gasteiger partial charge is 0.345 e. The van der Waals surface area contributed by atoms with E-state index in [1.165, 1.54) is 11.3 Å². The lowest BCUT2D eigenvalue weighted by atomic mass is 10.1. The minimum Gasteiger partial charge on any atom is -0.345 e. The van der Waals surface area contributed by atoms with Crippen LogP contribution in [0.15, 0.2) is 64.8 Å². The second-order valence-corrected chi connectivity index (χ2v) is 9.62. The number of rotatable bonds is 5. The topological polar surface area (TPSA) is 81.9 Å². The molecule has 8 heteroatoms. The molecule has 2 unspecified atom stereocenters. The molecule has 5 rings (SSSR count). The lowest BCUT2D eigenvalue weighted by molar-refractivity contribution is 0.0929. The predicted molar refractivity (Wildman–Crippen MR) is 116 cm³/mol. The first-order valence-corrected chi connectivity index (χ1v) is 11.5. The average Bonchev–Trinajstić information content (AvgIpc) is 3.50. The summed E-state index contributed by atoms with van der Waals surface area (Å²) >= 11 is 3.03. The molecule has 30 heavy (non-hydrogen) atoms. The Morgan fingerprint density at radius 3 is 2.90 bits per heavy atom. The summed E-state index contributed by atoms with van der Waals surface area (Å²) in [5.74, 6) is 0.200. The van der Waals surface area contributed by atoms with Crippen molar-refractivity contribution in [3.05, 3.63) is 60.0 Å². The summed E-state index contributed by atoms with van der Waals surface area (Å²) in [6.45, 7) is 0.742. The Morgan fingerprint density at radius 2 is 2.10 bits per heavy atom. The molecule has 1 saturated heterocycles. The molecule has 150 valence electrons. The number of nitrogens with zero attached hydrogens (tertiary/aromatic N) is 4. The monoisotopic (exact) mass is 433 g/mol. The second kappa shape index (κ2) is 8.09. The molecular formula is C22H19N5OS2. The van der Waals surface area contributed by atoms with Crippen molar-refractivity contribution in [2.45, 2.75) is 34.7 Å². The Kier molecular flexibility index (Phi) is 5.15. The molecule has 3 heterocycles. The fourth-order valence-electron chi connectivity index (χ4n) is 4.33. The Bertz CT molecular complexity index is 1110. The van der Waals surface area contributed by atoms with Gasteiger partial charge in [-0.25, -0.2) is 4.98 Å². The Labute approximate surface area is 183 Å². The van der Waals surface area contributed by atoms with Crippen molar-refractivity contribution < 1.29 is 4.79 Å². The van der Waals surface area contributed by atoms with Crippen LogP contribution in [0, 0.1) is 17.4 Å². The first kappa shape index (κ1) is 19.1. The summed E-state index contributed by atoms with van der Waals surface area (Å²) in [4.78, 5) is 26.4. The van der Waals surface area contributed by atoms with Crippen LogP contribution in [0.2, 0.25) is 0 Å². The smallest absolute Gasteiger partial charge is 0.280 e. The van der Waals surface area contributed by atoms with Gasteiger partial charge < -0.3 is 10.2 Å². The standard InChI is InChI=1S/C22H19N5OS2/c23-13-27-12-14-6-7-17(27)20(14)26-21(28)22-25-11-19(30-22)16-8-9-24-10-18(16)29-15-4-2-1-3-5-15/h1-5,8-11,14,17,20H,6-7,12H2,(H,26,28)/t14?,17?,20-/m1/s1. The summed E-state index contributed by atoms with van der Waals surface area (Å²) in [6, 6.07) is 12.3. The number of nitriles is 1. The molecule has 1 aliphatic heterocycles. The number of hydrogen-bond donors (Lipinski definition) is 1. The maximum atomic E-state index is 12.9. The molecule has 1 N–H and O–H groups in total. The molecular weight excluding hydrogens is 414 g/mol. The van der Waals surface area contributed by atoms with Crippen LogP contribution in [-0.4, -0.2) is 39.4 Å². The highest BCUT2D eigenvalue weighted by molar-refractivity contribution is 7.99. The molecule has 2 aromatic heterocycles. The number of fused-ring (bicyclic) bond motifs is 2. The van der Waals surface area contributed by atoms with Gasteiger partial charge in [0.2, 0.25) is 0 Å². The lowest BCUT2D eigenvalue weighted by Crippen LogP contribution is -2.42. The van der Waals surface area contributed by atoms with Crippen molar-refractivity contribution in [3.8, 4) is 16.6 Å². The zero-order valence-corrected chi connectivity index (χ0v) is 17.7. The first-order chi connectivity index (χ1) is 14.7. The molecule has 1 amide bonds. The van der Waals surface area contributed by atoms with E-state index in [4.69, 9.17) is 0 Å². The number of benzene rings is 1. The number of carbonyl (C=O) groups excluding carboxylic acids is 1. The van der Waals surface area contributed by atoms with Crippen LogP contribution in [-0.2, 0) is 0 Å². The highest BCUT2D eigenvalue weighted by Gasteiger charge is 2.47. The molecule has 3 atom stereocenters. The number of piperidine rings is 1. The van der Waals surface area contributed by atoms with Crippen molar-refractivity contribution in [1.82, 2.24) is 20.2 Å². The van der Waals surface area contributed by atoms with Crippen molar-refractivity contribution in [2.75, 3.05) is 6.54 Å². The highest BCUT2D eigenvalue weighted by Crippen LogP contribution is 2.39. The van der Waals surface area contributed by atoms with Crippen LogP contribution < -0.4 is 5.32 Å². The Morgan fingerprint density at radius 1 is 1.23 bits per heavy atom. The minimum atomic E-state index is -0.153. The number of likely N-dealkylation sites (tertiary alicyclic amines) is 1. The molecule has 3 aromatic rings. The number of pyridine rings is 1. The molecule has 6 nitrogen and oxygen atoms in total. The normalized spacial score (nSPS) is 22.1. The van der Waals surface area contributed by atoms with Gasteiger partial charge in [0.05, 0.1) is 17.0 Å². The Balaban J connectivity index is 1.34. The Hall–Kier alpha value is -2.89. The zero-order valence-electron chi connectivity index (χ0n) is 16.1. The van der Waals surface area contributed by atoms with Crippen molar-refractivity contribution >= 4 is 29.0 Å². The molecule has 2 bridgehead atoms. The molecule has 2 fully saturated rings. The van der Waals surface area contributed by atoms with E-state index in [1.54, 1.807) is 29.1 Å². The number of thiazole rings is 1. The van der Waals surface area contributed by atoms with Gasteiger partial charge in [-0.1, -0.05) is 30.0 Å². The van der Waals surface area contributed by atoms with E-state index in [9.17, 15) is 10.1 Å². The van der Waals surface area contributed by atoms with Crippen molar-refractivity contribution in [3.63, 3.8) is 0 Å². The van der Waals surface area contributed by atoms with Crippen LogP contribution in [0.4, 0.5) is 0 Å². The van der Waals surface area contributed by atoms with E-state index < -0.39 is 0 Å². The van der Waals surface area contributed by atoms with Gasteiger partial charge in [0.1, 0.15) is 0 Å². The average molecular weight is 434 g/mol. The summed E-state index contributed by atoms with van der Waals surface area (Å²) in [5, 5.41) is 12.9. The maximum absolute atomic E-state index is 12.9. The fraction of sp³-hybridized carbons (Fsp3) is 0.273. The molecule has 1 aliphatic carbocycles. The van der Waals surface area contributed by atoms with Crippen molar-refractivity contribution in [2.24, 2.45) is 5.92 Å². The van der Waals surface area contributed by atoms with E-state index in [2.05, 4.69) is 33.6 Å². The molecule has 1 aromatic carbocycles. The number of aromatic nitrogens is 2. The van der Waals surface area contributed by atoms with Gasteiger partial charge in [0, 0.05) is 40.5 Å². The fourth-order valence-corrected chi connectivity index (χ4v) is 6.20. The number of nitrogens with one attached hydrogen (secondary N) is 1. The summed E-state index contributed by atoms with van der Waals surface area (Å²) in [5.41, 5.74) is 1.02. The third kappa shape index (κ3) is 3.55. The van der Waals surface area contributed by atoms with E-state index in [-0.39, 0.29) is 18.0 Å². The van der Waals surface area contributed by atoms with E-state index in [1.807, 2.05) is 30.5 Å². The van der Waals surface area contributed by atoms with Crippen LogP contribution in [0.3, 0.4) is 0 Å². The predicted octanol–water partition coefficient (Wildman–Crippen LogP) is 4.03. The van der Waals surface area contributed by atoms with Gasteiger partial charge in [0.15, 0.2) is 11.2 Å². The summed E-state index contributed by atoms with van der Waals surface area (Å²) in [7, 11) is 0. The van der Waals surface area contributed by atoms with Gasteiger partial charge in [-0.2, -0.15) is 5.26 Å². The number of hydrogen-bond acceptors (Lipinski definition) is 7. The number of amides is 1. The van der Waals surface area contributed by atoms with Crippen LogP contribution >= 0.6 is 23.1 Å². The molecule has 2 aliphatic rings. The summed E-state index contributed by atoms with van der Waals surface area (Å²) in [6.07, 6.45) is 9.64. The zero-order chi connectivity index (χ0) is 20.5. The van der Waals surface area contributed by atoms with E-state index in [0.717, 1.165) is 39.6 Å². The van der Waals surface area contributed by atoms with Crippen LogP contribution in [0.25, 0.3) is 10.4 Å².